The van der Waals surface area contributed by atoms with Gasteiger partial charge in [-0.3, -0.25) is 9.59 Å². The van der Waals surface area contributed by atoms with Crippen LogP contribution in [0.4, 0.5) is 0 Å². The number of rotatable bonds is 9. The third kappa shape index (κ3) is 8.26. The maximum absolute atomic E-state index is 13.5. The van der Waals surface area contributed by atoms with Gasteiger partial charge in [-0.25, -0.2) is 4.79 Å². The number of nitrogens with one attached hydrogen (secondary N) is 2. The average Bonchev–Trinajstić information content (AvgIpc) is 3.81. The van der Waals surface area contributed by atoms with Gasteiger partial charge in [0, 0.05) is 30.8 Å². The molecule has 3 aliphatic rings. The van der Waals surface area contributed by atoms with Gasteiger partial charge in [-0.15, -0.1) is 0 Å². The number of fused-ring (bicyclic) bond motifs is 3. The molecule has 0 amide bonds. The summed E-state index contributed by atoms with van der Waals surface area (Å²) < 4.78 is 24.1. The number of aromatic amines is 1. The number of phenolic OH excluding ortho intramolecular Hbond substituents is 1. The molecule has 6 N–H and O–H groups in total. The van der Waals surface area contributed by atoms with Crippen molar-refractivity contribution >= 4 is 50.4 Å². The van der Waals surface area contributed by atoms with Crippen LogP contribution in [-0.4, -0.2) is 92.1 Å². The van der Waals surface area contributed by atoms with Gasteiger partial charge in [0.15, 0.2) is 29.0 Å². The van der Waals surface area contributed by atoms with Crippen molar-refractivity contribution in [2.75, 3.05) is 24.8 Å². The largest absolute Gasteiger partial charge is 0.508 e. The molecule has 62 heavy (non-hydrogen) atoms. The quantitative estimate of drug-likeness (QED) is 0.0663. The Morgan fingerprint density at radius 3 is 2.65 bits per heavy atom. The number of ether oxygens (including phenoxy) is 3. The van der Waals surface area contributed by atoms with E-state index in [1.807, 2.05) is 12.4 Å². The summed E-state index contributed by atoms with van der Waals surface area (Å²) in [5.74, 6) is -0.668. The average molecular weight is 881 g/mol. The summed E-state index contributed by atoms with van der Waals surface area (Å²) in [5.41, 5.74) is 0.241. The molecule has 2 aromatic heterocycles. The minimum absolute atomic E-state index is 0.00706. The van der Waals surface area contributed by atoms with Gasteiger partial charge in [-0.1, -0.05) is 90.1 Å². The van der Waals surface area contributed by atoms with E-state index in [9.17, 15) is 34.8 Å². The Balaban J connectivity index is 1.12. The Morgan fingerprint density at radius 2 is 1.89 bits per heavy atom. The highest BCUT2D eigenvalue weighted by molar-refractivity contribution is 8.76. The molecule has 1 aliphatic carbocycles. The molecule has 3 aromatic carbocycles. The number of carbonyl (C=O) groups excluding carboxylic acids is 1. The molecule has 4 heterocycles. The monoisotopic (exact) mass is 880 g/mol. The Kier molecular flexibility index (Phi) is 12.8. The van der Waals surface area contributed by atoms with Crippen LogP contribution in [0.3, 0.4) is 0 Å². The number of H-pyrrole nitrogens is 1. The molecule has 0 saturated carbocycles. The number of carboxylic acid groups (broad SMARTS) is 1. The van der Waals surface area contributed by atoms with Crippen LogP contribution in [0, 0.1) is 11.8 Å². The predicted molar refractivity (Wildman–Crippen MR) is 238 cm³/mol. The molecule has 0 radical (unpaired) electrons. The van der Waals surface area contributed by atoms with Crippen molar-refractivity contribution in [1.82, 2.24) is 10.3 Å². The highest BCUT2D eigenvalue weighted by Crippen LogP contribution is 2.45. The minimum Gasteiger partial charge on any atom is -0.508 e. The van der Waals surface area contributed by atoms with Crippen molar-refractivity contribution in [3.63, 3.8) is 0 Å². The third-order valence-electron chi connectivity index (χ3n) is 12.4. The molecule has 15 heteroatoms. The highest BCUT2D eigenvalue weighted by Gasteiger charge is 2.69. The summed E-state index contributed by atoms with van der Waals surface area (Å²) in [5, 5.41) is 48.0. The van der Waals surface area contributed by atoms with Gasteiger partial charge in [0.25, 0.3) is 0 Å². The number of aromatic nitrogens is 1. The van der Waals surface area contributed by atoms with Crippen molar-refractivity contribution in [3.8, 4) is 22.6 Å². The molecule has 0 spiro atoms. The summed E-state index contributed by atoms with van der Waals surface area (Å²) in [6.07, 6.45) is 6.73. The Morgan fingerprint density at radius 1 is 1.08 bits per heavy atom. The van der Waals surface area contributed by atoms with Gasteiger partial charge < -0.3 is 49.4 Å². The summed E-state index contributed by atoms with van der Waals surface area (Å²) in [6.45, 7) is 4.30. The first-order chi connectivity index (χ1) is 29.9. The van der Waals surface area contributed by atoms with Gasteiger partial charge >= 0.3 is 5.97 Å². The number of aromatic hydroxyl groups is 1. The molecule has 13 nitrogen and oxygen atoms in total. The Labute approximate surface area is 365 Å². The lowest BCUT2D eigenvalue weighted by atomic mass is 9.73. The number of hydrogen-bond donors (Lipinski definition) is 6. The van der Waals surface area contributed by atoms with E-state index in [1.54, 1.807) is 12.1 Å². The number of aliphatic hydroxyl groups excluding tert-OH is 1. The lowest BCUT2D eigenvalue weighted by Gasteiger charge is -2.53. The molecule has 2 saturated heterocycles. The lowest BCUT2D eigenvalue weighted by molar-refractivity contribution is -0.340. The second-order valence-corrected chi connectivity index (χ2v) is 18.6. The SMILES string of the molecule is CC1C=CC(=CCC(C)C2CNCC3(O)C(Oc4ccc5c(=O)c(-c6ccc(O)cc6)coc5c4)OC(C(=O)O)C(O)C3(C=O)OCSSCC2c2cc[nH]c2)c2ccccc21. The first kappa shape index (κ1) is 43.5. The zero-order valence-corrected chi connectivity index (χ0v) is 35.6. The maximum atomic E-state index is 13.5. The summed E-state index contributed by atoms with van der Waals surface area (Å²) >= 11 is 0. The van der Waals surface area contributed by atoms with Crippen molar-refractivity contribution < 1.29 is 48.6 Å². The standard InChI is InChI=1S/C47H48N2O11S2/c1-27-7-9-29(35-6-4-3-5-34(27)35)10-8-28(2)37-21-49-24-46(56)45(59-33-15-16-36-40(19-33)57-22-38(41(36)52)30-11-13-32(51)14-12-30)60-42(44(54)55)43(53)47(46,25-50)58-26-62-61-23-39(37)31-17-18-48-20-31/h3-7,9-20,22,25,27-28,37,39,42-43,45,48-49,51,53,56H,8,21,23-24,26H2,1-2H3,(H,54,55). The van der Waals surface area contributed by atoms with E-state index >= 15 is 0 Å². The van der Waals surface area contributed by atoms with Crippen LogP contribution in [0.2, 0.25) is 0 Å². The normalized spacial score (nSPS) is 29.1. The zero-order valence-electron chi connectivity index (χ0n) is 34.0. The molecule has 9 unspecified atom stereocenters. The number of phenols is 1. The summed E-state index contributed by atoms with van der Waals surface area (Å²) in [7, 11) is 2.79. The van der Waals surface area contributed by atoms with Crippen LogP contribution in [-0.2, 0) is 19.1 Å². The van der Waals surface area contributed by atoms with Gasteiger partial charge in [0.2, 0.25) is 6.29 Å². The number of β-amino-alcohol motifs (C(OH)–C–C–N with tert-alkyl or cyclic N) is 1. The molecule has 2 aliphatic heterocycles. The molecular formula is C47H48N2O11S2. The minimum atomic E-state index is -2.54. The molecule has 0 bridgehead atoms. The molecule has 8 rings (SSSR count). The number of allylic oxidation sites excluding steroid dienone is 4. The number of benzene rings is 3. The molecule has 324 valence electrons. The van der Waals surface area contributed by atoms with Crippen molar-refractivity contribution in [2.24, 2.45) is 11.8 Å². The van der Waals surface area contributed by atoms with E-state index in [0.29, 0.717) is 23.8 Å². The molecule has 5 aromatic rings. The second-order valence-electron chi connectivity index (χ2n) is 16.1. The maximum Gasteiger partial charge on any atom is 0.335 e. The Bertz CT molecular complexity index is 2530. The second kappa shape index (κ2) is 18.3. The van der Waals surface area contributed by atoms with Crippen LogP contribution in [0.25, 0.3) is 27.7 Å². The summed E-state index contributed by atoms with van der Waals surface area (Å²) in [6, 6.07) is 20.9. The highest BCUT2D eigenvalue weighted by atomic mass is 33.1. The van der Waals surface area contributed by atoms with Crippen molar-refractivity contribution in [1.29, 1.82) is 0 Å². The predicted octanol–water partition coefficient (Wildman–Crippen LogP) is 6.85. The van der Waals surface area contributed by atoms with Crippen molar-refractivity contribution in [3.05, 3.63) is 137 Å². The summed E-state index contributed by atoms with van der Waals surface area (Å²) in [4.78, 5) is 42.7. The van der Waals surface area contributed by atoms with E-state index < -0.39 is 42.2 Å². The zero-order chi connectivity index (χ0) is 43.6. The first-order valence-corrected chi connectivity index (χ1v) is 22.9. The number of carbonyl (C=O) groups is 2. The van der Waals surface area contributed by atoms with E-state index in [1.165, 1.54) is 69.3 Å². The lowest BCUT2D eigenvalue weighted by Crippen LogP contribution is -2.80. The number of aliphatic hydroxyl groups is 2. The number of carboxylic acids is 1. The fraction of sp³-hybridized carbons (Fsp3) is 0.340. The fourth-order valence-corrected chi connectivity index (χ4v) is 10.9. The van der Waals surface area contributed by atoms with E-state index in [2.05, 4.69) is 72.7 Å². The topological polar surface area (TPSA) is 201 Å². The molecular weight excluding hydrogens is 833 g/mol. The van der Waals surface area contributed by atoms with Gasteiger partial charge in [0.1, 0.15) is 35.4 Å². The van der Waals surface area contributed by atoms with E-state index in [0.717, 1.165) is 17.6 Å². The Hall–Kier alpha value is -5.13. The number of aliphatic carboxylic acids is 1. The smallest absolute Gasteiger partial charge is 0.335 e. The molecule has 9 atom stereocenters. The number of aldehydes is 1. The van der Waals surface area contributed by atoms with E-state index in [4.69, 9.17) is 18.6 Å². The van der Waals surface area contributed by atoms with Crippen LogP contribution >= 0.6 is 21.6 Å². The number of hydrogen-bond acceptors (Lipinski definition) is 13. The van der Waals surface area contributed by atoms with Crippen LogP contribution in [0.15, 0.2) is 119 Å². The third-order valence-corrected chi connectivity index (χ3v) is 14.5. The van der Waals surface area contributed by atoms with Gasteiger partial charge in [-0.05, 0) is 94.8 Å². The van der Waals surface area contributed by atoms with Crippen molar-refractivity contribution in [2.45, 2.75) is 61.8 Å². The van der Waals surface area contributed by atoms with Crippen LogP contribution in [0.5, 0.6) is 11.5 Å². The van der Waals surface area contributed by atoms with Crippen LogP contribution < -0.4 is 15.5 Å². The van der Waals surface area contributed by atoms with Crippen LogP contribution in [0.1, 0.15) is 48.8 Å². The van der Waals surface area contributed by atoms with E-state index in [-0.39, 0.29) is 63.4 Å². The fourth-order valence-electron chi connectivity index (χ4n) is 8.83. The van der Waals surface area contributed by atoms with Gasteiger partial charge in [-0.2, -0.15) is 0 Å². The first-order valence-electron chi connectivity index (χ1n) is 20.4. The molecule has 2 fully saturated rings. The van der Waals surface area contributed by atoms with Gasteiger partial charge in [0.05, 0.1) is 10.9 Å².